The number of carbonyl (C=O) groups is 1. The Morgan fingerprint density at radius 2 is 1.31 bits per heavy atom. The monoisotopic (exact) mass is 567 g/mol. The molecule has 12 heteroatoms. The van der Waals surface area contributed by atoms with Gasteiger partial charge in [0.05, 0.1) is 29.7 Å². The van der Waals surface area contributed by atoms with E-state index in [-0.39, 0.29) is 26.7 Å². The number of amides is 1. The maximum atomic E-state index is 12.9. The molecule has 0 aliphatic rings. The maximum Gasteiger partial charge on any atom is 0.262 e. The predicted octanol–water partition coefficient (Wildman–Crippen LogP) is 4.56. The van der Waals surface area contributed by atoms with Crippen LogP contribution in [0.4, 0.5) is 17.1 Å². The molecule has 39 heavy (non-hydrogen) atoms. The minimum Gasteiger partial charge on any atom is -0.497 e. The van der Waals surface area contributed by atoms with Gasteiger partial charge in [0.25, 0.3) is 26.0 Å². The van der Waals surface area contributed by atoms with Gasteiger partial charge in [0, 0.05) is 23.0 Å². The summed E-state index contributed by atoms with van der Waals surface area (Å²) in [6.45, 7) is 0. The fraction of sp³-hybridized carbons (Fsp3) is 0.0741. The SMILES string of the molecule is COc1ccc(OC)c(NS(=O)(=O)c2ccc(NC(=O)c3cccc(NS(=O)(=O)c4ccccc4)c3)cc2)c1. The van der Waals surface area contributed by atoms with Gasteiger partial charge in [0.1, 0.15) is 11.5 Å². The highest BCUT2D eigenvalue weighted by Gasteiger charge is 2.18. The molecule has 0 fully saturated rings. The summed E-state index contributed by atoms with van der Waals surface area (Å²) in [4.78, 5) is 12.9. The van der Waals surface area contributed by atoms with Crippen molar-refractivity contribution in [3.8, 4) is 11.5 Å². The zero-order chi connectivity index (χ0) is 28.0. The third-order valence-corrected chi connectivity index (χ3v) is 8.28. The van der Waals surface area contributed by atoms with Gasteiger partial charge in [-0.25, -0.2) is 16.8 Å². The molecular formula is C27H25N3O7S2. The largest absolute Gasteiger partial charge is 0.497 e. The van der Waals surface area contributed by atoms with E-state index in [1.165, 1.54) is 74.9 Å². The fourth-order valence-corrected chi connectivity index (χ4v) is 5.69. The number of anilines is 3. The average molecular weight is 568 g/mol. The van der Waals surface area contributed by atoms with Crippen LogP contribution in [0.3, 0.4) is 0 Å². The van der Waals surface area contributed by atoms with Crippen LogP contribution < -0.4 is 24.2 Å². The van der Waals surface area contributed by atoms with Crippen LogP contribution in [-0.4, -0.2) is 37.0 Å². The van der Waals surface area contributed by atoms with E-state index in [0.29, 0.717) is 17.2 Å². The van der Waals surface area contributed by atoms with E-state index < -0.39 is 26.0 Å². The van der Waals surface area contributed by atoms with Crippen molar-refractivity contribution in [3.63, 3.8) is 0 Å². The van der Waals surface area contributed by atoms with Gasteiger partial charge in [-0.15, -0.1) is 0 Å². The lowest BCUT2D eigenvalue weighted by Gasteiger charge is -2.13. The number of benzene rings is 4. The molecular weight excluding hydrogens is 542 g/mol. The molecule has 0 aliphatic heterocycles. The van der Waals surface area contributed by atoms with Crippen molar-refractivity contribution in [1.82, 2.24) is 0 Å². The topological polar surface area (TPSA) is 140 Å². The summed E-state index contributed by atoms with van der Waals surface area (Å²) in [6.07, 6.45) is 0. The second-order valence-electron chi connectivity index (χ2n) is 8.15. The van der Waals surface area contributed by atoms with Gasteiger partial charge in [0.15, 0.2) is 0 Å². The summed E-state index contributed by atoms with van der Waals surface area (Å²) in [5, 5.41) is 2.67. The minimum absolute atomic E-state index is 0.0392. The molecule has 10 nitrogen and oxygen atoms in total. The summed E-state index contributed by atoms with van der Waals surface area (Å²) in [7, 11) is -4.92. The molecule has 0 saturated carbocycles. The first-order valence-electron chi connectivity index (χ1n) is 11.5. The smallest absolute Gasteiger partial charge is 0.262 e. The molecule has 202 valence electrons. The molecule has 0 spiro atoms. The Hall–Kier alpha value is -4.55. The molecule has 3 N–H and O–H groups in total. The van der Waals surface area contributed by atoms with E-state index in [0.717, 1.165) is 0 Å². The number of sulfonamides is 2. The highest BCUT2D eigenvalue weighted by Crippen LogP contribution is 2.31. The molecule has 4 rings (SSSR count). The standard InChI is InChI=1S/C27H25N3O7S2/c1-36-22-13-16-26(37-2)25(18-22)30-39(34,35)24-14-11-20(12-15-24)28-27(31)19-7-6-8-21(17-19)29-38(32,33)23-9-4-3-5-10-23/h3-18,29-30H,1-2H3,(H,28,31). The summed E-state index contributed by atoms with van der Waals surface area (Å²) < 4.78 is 66.3. The summed E-state index contributed by atoms with van der Waals surface area (Å²) in [6, 6.07) is 24.2. The van der Waals surface area contributed by atoms with Gasteiger partial charge >= 0.3 is 0 Å². The Bertz CT molecular complexity index is 1690. The number of carbonyl (C=O) groups excluding carboxylic acids is 1. The molecule has 0 aliphatic carbocycles. The zero-order valence-electron chi connectivity index (χ0n) is 20.9. The van der Waals surface area contributed by atoms with Crippen LogP contribution in [0, 0.1) is 0 Å². The Balaban J connectivity index is 1.46. The van der Waals surface area contributed by atoms with Gasteiger partial charge in [-0.05, 0) is 66.7 Å². The van der Waals surface area contributed by atoms with Crippen LogP contribution in [0.5, 0.6) is 11.5 Å². The molecule has 4 aromatic carbocycles. The van der Waals surface area contributed by atoms with E-state index in [1.54, 1.807) is 36.4 Å². The highest BCUT2D eigenvalue weighted by molar-refractivity contribution is 7.93. The maximum absolute atomic E-state index is 12.9. The number of rotatable bonds is 10. The van der Waals surface area contributed by atoms with Crippen molar-refractivity contribution in [2.24, 2.45) is 0 Å². The van der Waals surface area contributed by atoms with Crippen LogP contribution >= 0.6 is 0 Å². The zero-order valence-corrected chi connectivity index (χ0v) is 22.5. The number of hydrogen-bond acceptors (Lipinski definition) is 7. The fourth-order valence-electron chi connectivity index (χ4n) is 3.56. The van der Waals surface area contributed by atoms with Crippen LogP contribution in [0.2, 0.25) is 0 Å². The number of ether oxygens (including phenoxy) is 2. The van der Waals surface area contributed by atoms with Gasteiger partial charge in [-0.2, -0.15) is 0 Å². The lowest BCUT2D eigenvalue weighted by atomic mass is 10.2. The van der Waals surface area contributed by atoms with E-state index in [4.69, 9.17) is 9.47 Å². The molecule has 0 aromatic heterocycles. The third-order valence-electron chi connectivity index (χ3n) is 5.50. The minimum atomic E-state index is -3.98. The number of hydrogen-bond donors (Lipinski definition) is 3. The quantitative estimate of drug-likeness (QED) is 0.255. The summed E-state index contributed by atoms with van der Waals surface area (Å²) in [5.74, 6) is 0.255. The van der Waals surface area contributed by atoms with Crippen molar-refractivity contribution in [2.75, 3.05) is 29.0 Å². The second-order valence-corrected chi connectivity index (χ2v) is 11.5. The first-order valence-corrected chi connectivity index (χ1v) is 14.4. The average Bonchev–Trinajstić information content (AvgIpc) is 2.93. The number of methoxy groups -OCH3 is 2. The van der Waals surface area contributed by atoms with E-state index >= 15 is 0 Å². The van der Waals surface area contributed by atoms with Crippen LogP contribution in [0.15, 0.2) is 107 Å². The Morgan fingerprint density at radius 3 is 1.97 bits per heavy atom. The van der Waals surface area contributed by atoms with Crippen LogP contribution in [0.1, 0.15) is 10.4 Å². The normalized spacial score (nSPS) is 11.3. The van der Waals surface area contributed by atoms with Crippen molar-refractivity contribution in [3.05, 3.63) is 103 Å². The molecule has 0 atom stereocenters. The summed E-state index contributed by atoms with van der Waals surface area (Å²) in [5.41, 5.74) is 0.962. The lowest BCUT2D eigenvalue weighted by molar-refractivity contribution is 0.102. The molecule has 4 aromatic rings. The highest BCUT2D eigenvalue weighted by atomic mass is 32.2. The Kier molecular flexibility index (Phi) is 8.07. The van der Waals surface area contributed by atoms with E-state index in [1.807, 2.05) is 0 Å². The molecule has 0 unspecified atom stereocenters. The lowest BCUT2D eigenvalue weighted by Crippen LogP contribution is -2.16. The Labute approximate surface area is 226 Å². The molecule has 0 saturated heterocycles. The van der Waals surface area contributed by atoms with Crippen molar-refractivity contribution in [2.45, 2.75) is 9.79 Å². The van der Waals surface area contributed by atoms with Gasteiger partial charge in [0.2, 0.25) is 0 Å². The molecule has 1 amide bonds. The van der Waals surface area contributed by atoms with Gasteiger partial charge < -0.3 is 14.8 Å². The van der Waals surface area contributed by atoms with Crippen molar-refractivity contribution in [1.29, 1.82) is 0 Å². The summed E-state index contributed by atoms with van der Waals surface area (Å²) >= 11 is 0. The van der Waals surface area contributed by atoms with Gasteiger partial charge in [-0.3, -0.25) is 14.2 Å². The van der Waals surface area contributed by atoms with Crippen LogP contribution in [0.25, 0.3) is 0 Å². The first kappa shape index (κ1) is 27.5. The van der Waals surface area contributed by atoms with E-state index in [2.05, 4.69) is 14.8 Å². The van der Waals surface area contributed by atoms with Gasteiger partial charge in [-0.1, -0.05) is 24.3 Å². The second kappa shape index (κ2) is 11.5. The molecule has 0 bridgehead atoms. The molecule has 0 radical (unpaired) electrons. The number of nitrogens with one attached hydrogen (secondary N) is 3. The van der Waals surface area contributed by atoms with E-state index in [9.17, 15) is 21.6 Å². The van der Waals surface area contributed by atoms with Crippen LogP contribution in [-0.2, 0) is 20.0 Å². The predicted molar refractivity (Wildman–Crippen MR) is 148 cm³/mol. The third kappa shape index (κ3) is 6.67. The molecule has 0 heterocycles. The Morgan fingerprint density at radius 1 is 0.641 bits per heavy atom. The first-order chi connectivity index (χ1) is 18.6. The van der Waals surface area contributed by atoms with Crippen molar-refractivity contribution >= 4 is 43.0 Å². The van der Waals surface area contributed by atoms with Crippen molar-refractivity contribution < 1.29 is 31.1 Å².